The molecular weight excluding hydrogens is 326 g/mol. The van der Waals surface area contributed by atoms with Gasteiger partial charge in [-0.15, -0.1) is 0 Å². The van der Waals surface area contributed by atoms with E-state index in [1.165, 1.54) is 0 Å². The maximum Gasteiger partial charge on any atom is 0.266 e. The number of rotatable bonds is 2. The van der Waals surface area contributed by atoms with Gasteiger partial charge in [0, 0.05) is 18.7 Å². The molecule has 0 bridgehead atoms. The molecular formula is C17H21N3O3S. The summed E-state index contributed by atoms with van der Waals surface area (Å²) < 4.78 is 28.7. The fourth-order valence-corrected chi connectivity index (χ4v) is 5.39. The first kappa shape index (κ1) is 15.6. The summed E-state index contributed by atoms with van der Waals surface area (Å²) in [5, 5.41) is 4.12. The molecule has 2 aromatic rings. The fourth-order valence-electron chi connectivity index (χ4n) is 3.69. The number of piperidine rings is 1. The molecule has 0 radical (unpaired) electrons. The number of nitrogens with zero attached hydrogens (tertiary/aromatic N) is 3. The van der Waals surface area contributed by atoms with E-state index in [2.05, 4.69) is 15.0 Å². The number of hydrogen-bond acceptors (Lipinski definition) is 6. The molecule has 7 heteroatoms. The van der Waals surface area contributed by atoms with E-state index >= 15 is 0 Å². The normalized spacial score (nSPS) is 22.6. The van der Waals surface area contributed by atoms with Gasteiger partial charge in [0.1, 0.15) is 9.84 Å². The van der Waals surface area contributed by atoms with Gasteiger partial charge in [-0.2, -0.15) is 4.98 Å². The Labute approximate surface area is 141 Å². The van der Waals surface area contributed by atoms with E-state index in [4.69, 9.17) is 4.52 Å². The smallest absolute Gasteiger partial charge is 0.266 e. The van der Waals surface area contributed by atoms with Gasteiger partial charge in [-0.3, -0.25) is 0 Å². The van der Waals surface area contributed by atoms with Gasteiger partial charge in [-0.05, 0) is 48.4 Å². The lowest BCUT2D eigenvalue weighted by atomic mass is 9.74. The van der Waals surface area contributed by atoms with Crippen LogP contribution in [0.3, 0.4) is 0 Å². The molecule has 0 unspecified atom stereocenters. The Hall–Kier alpha value is -1.89. The van der Waals surface area contributed by atoms with Crippen LogP contribution in [-0.4, -0.2) is 43.2 Å². The van der Waals surface area contributed by atoms with Crippen LogP contribution in [0.4, 0.5) is 5.95 Å². The maximum absolute atomic E-state index is 11.7. The molecule has 3 heterocycles. The Balaban J connectivity index is 1.43. The first-order valence-corrected chi connectivity index (χ1v) is 10.2. The highest BCUT2D eigenvalue weighted by atomic mass is 32.2. The maximum atomic E-state index is 11.7. The molecule has 1 spiro atoms. The number of aromatic nitrogens is 2. The Bertz CT molecular complexity index is 793. The van der Waals surface area contributed by atoms with Crippen molar-refractivity contribution in [3.63, 3.8) is 0 Å². The number of benzene rings is 1. The Morgan fingerprint density at radius 3 is 2.33 bits per heavy atom. The summed E-state index contributed by atoms with van der Waals surface area (Å²) in [6.45, 7) is 1.71. The van der Waals surface area contributed by atoms with Crippen LogP contribution in [0.1, 0.15) is 25.7 Å². The molecule has 128 valence electrons. The standard InChI is InChI=1S/C17H21N3O3S/c21-24(22)12-8-17(9-13-24)6-10-20(11-7-17)16-18-15(23-19-16)14-4-2-1-3-5-14/h1-5H,6-13H2. The van der Waals surface area contributed by atoms with Gasteiger partial charge in [0.05, 0.1) is 11.5 Å². The van der Waals surface area contributed by atoms with E-state index < -0.39 is 9.84 Å². The van der Waals surface area contributed by atoms with E-state index in [0.29, 0.717) is 23.3 Å². The van der Waals surface area contributed by atoms with Crippen LogP contribution in [0.2, 0.25) is 0 Å². The summed E-state index contributed by atoms with van der Waals surface area (Å²) >= 11 is 0. The van der Waals surface area contributed by atoms with Crippen LogP contribution in [0.5, 0.6) is 0 Å². The predicted octanol–water partition coefficient (Wildman–Crippen LogP) is 2.53. The SMILES string of the molecule is O=S1(=O)CCC2(CCN(c3noc(-c4ccccc4)n3)CC2)CC1. The molecule has 4 rings (SSSR count). The summed E-state index contributed by atoms with van der Waals surface area (Å²) in [6, 6.07) is 9.74. The van der Waals surface area contributed by atoms with Gasteiger partial charge in [0.2, 0.25) is 0 Å². The van der Waals surface area contributed by atoms with E-state index in [1.807, 2.05) is 30.3 Å². The lowest BCUT2D eigenvalue weighted by Gasteiger charge is -2.43. The Kier molecular flexibility index (Phi) is 3.83. The van der Waals surface area contributed by atoms with E-state index in [9.17, 15) is 8.42 Å². The summed E-state index contributed by atoms with van der Waals surface area (Å²) in [6.07, 6.45) is 3.59. The van der Waals surface area contributed by atoms with E-state index in [-0.39, 0.29) is 5.41 Å². The van der Waals surface area contributed by atoms with Crippen LogP contribution in [0, 0.1) is 5.41 Å². The Morgan fingerprint density at radius 2 is 1.67 bits per heavy atom. The largest absolute Gasteiger partial charge is 0.338 e. The first-order valence-electron chi connectivity index (χ1n) is 8.40. The zero-order chi connectivity index (χ0) is 16.6. The molecule has 2 aliphatic heterocycles. The van der Waals surface area contributed by atoms with Crippen molar-refractivity contribution in [3.8, 4) is 11.5 Å². The van der Waals surface area contributed by atoms with Gasteiger partial charge < -0.3 is 9.42 Å². The lowest BCUT2D eigenvalue weighted by molar-refractivity contribution is 0.193. The van der Waals surface area contributed by atoms with E-state index in [1.54, 1.807) is 0 Å². The highest BCUT2D eigenvalue weighted by molar-refractivity contribution is 7.91. The van der Waals surface area contributed by atoms with Crippen LogP contribution in [0.15, 0.2) is 34.9 Å². The fraction of sp³-hybridized carbons (Fsp3) is 0.529. The van der Waals surface area contributed by atoms with Gasteiger partial charge in [0.25, 0.3) is 11.8 Å². The van der Waals surface area contributed by atoms with Gasteiger partial charge >= 0.3 is 0 Å². The van der Waals surface area contributed by atoms with Crippen molar-refractivity contribution in [2.24, 2.45) is 5.41 Å². The number of hydrogen-bond donors (Lipinski definition) is 0. The van der Waals surface area contributed by atoms with Crippen LogP contribution in [-0.2, 0) is 9.84 Å². The average Bonchev–Trinajstić information content (AvgIpc) is 3.10. The summed E-state index contributed by atoms with van der Waals surface area (Å²) in [5.74, 6) is 1.85. The van der Waals surface area contributed by atoms with Crippen LogP contribution >= 0.6 is 0 Å². The zero-order valence-corrected chi connectivity index (χ0v) is 14.3. The van der Waals surface area contributed by atoms with Crippen molar-refractivity contribution in [1.29, 1.82) is 0 Å². The van der Waals surface area contributed by atoms with Crippen molar-refractivity contribution >= 4 is 15.8 Å². The monoisotopic (exact) mass is 347 g/mol. The predicted molar refractivity (Wildman–Crippen MR) is 91.5 cm³/mol. The molecule has 0 atom stereocenters. The van der Waals surface area contributed by atoms with Crippen LogP contribution in [0.25, 0.3) is 11.5 Å². The highest BCUT2D eigenvalue weighted by Gasteiger charge is 2.40. The third-order valence-electron chi connectivity index (χ3n) is 5.43. The van der Waals surface area contributed by atoms with Gasteiger partial charge in [-0.25, -0.2) is 8.42 Å². The van der Waals surface area contributed by atoms with Crippen molar-refractivity contribution in [3.05, 3.63) is 30.3 Å². The number of anilines is 1. The molecule has 6 nitrogen and oxygen atoms in total. The molecule has 2 aliphatic rings. The molecule has 2 fully saturated rings. The summed E-state index contributed by atoms with van der Waals surface area (Å²) in [5.41, 5.74) is 1.11. The van der Waals surface area contributed by atoms with Crippen molar-refractivity contribution in [1.82, 2.24) is 10.1 Å². The average molecular weight is 347 g/mol. The third-order valence-corrected chi connectivity index (χ3v) is 7.08. The minimum Gasteiger partial charge on any atom is -0.338 e. The second kappa shape index (κ2) is 5.88. The Morgan fingerprint density at radius 1 is 1.00 bits per heavy atom. The molecule has 24 heavy (non-hydrogen) atoms. The number of sulfone groups is 1. The zero-order valence-electron chi connectivity index (χ0n) is 13.5. The van der Waals surface area contributed by atoms with Gasteiger partial charge in [-0.1, -0.05) is 18.2 Å². The molecule has 0 N–H and O–H groups in total. The third kappa shape index (κ3) is 3.05. The molecule has 0 saturated carbocycles. The van der Waals surface area contributed by atoms with Crippen molar-refractivity contribution < 1.29 is 12.9 Å². The first-order chi connectivity index (χ1) is 11.6. The van der Waals surface area contributed by atoms with Gasteiger partial charge in [0.15, 0.2) is 0 Å². The summed E-state index contributed by atoms with van der Waals surface area (Å²) in [4.78, 5) is 6.66. The topological polar surface area (TPSA) is 76.3 Å². The molecule has 1 aromatic heterocycles. The lowest BCUT2D eigenvalue weighted by Crippen LogP contribution is -2.44. The molecule has 1 aromatic carbocycles. The van der Waals surface area contributed by atoms with E-state index in [0.717, 1.165) is 44.3 Å². The molecule has 0 aliphatic carbocycles. The summed E-state index contributed by atoms with van der Waals surface area (Å²) in [7, 11) is -2.80. The van der Waals surface area contributed by atoms with Crippen molar-refractivity contribution in [2.75, 3.05) is 29.5 Å². The second-order valence-corrected chi connectivity index (χ2v) is 9.21. The van der Waals surface area contributed by atoms with Crippen molar-refractivity contribution in [2.45, 2.75) is 25.7 Å². The molecule has 0 amide bonds. The molecule has 2 saturated heterocycles. The minimum absolute atomic E-state index is 0.188. The quantitative estimate of drug-likeness (QED) is 0.831. The second-order valence-electron chi connectivity index (χ2n) is 6.90. The highest BCUT2D eigenvalue weighted by Crippen LogP contribution is 2.42. The van der Waals surface area contributed by atoms with Crippen LogP contribution < -0.4 is 4.90 Å². The minimum atomic E-state index is -2.80.